The van der Waals surface area contributed by atoms with E-state index < -0.39 is 11.5 Å². The molecule has 5 nitrogen and oxygen atoms in total. The van der Waals surface area contributed by atoms with Crippen molar-refractivity contribution in [2.75, 3.05) is 13.2 Å². The van der Waals surface area contributed by atoms with Gasteiger partial charge in [-0.25, -0.2) is 0 Å². The summed E-state index contributed by atoms with van der Waals surface area (Å²) in [7, 11) is 0. The van der Waals surface area contributed by atoms with Crippen LogP contribution in [0.5, 0.6) is 0 Å². The lowest BCUT2D eigenvalue weighted by atomic mass is 9.97. The minimum atomic E-state index is -1.12. The largest absolute Gasteiger partial charge is 0.466 e. The van der Waals surface area contributed by atoms with Gasteiger partial charge in [0.05, 0.1) is 13.2 Å². The molecule has 88 valence electrons. The Morgan fingerprint density at radius 3 is 2.20 bits per heavy atom. The Labute approximate surface area is 89.9 Å². The average Bonchev–Trinajstić information content (AvgIpc) is 2.16. The zero-order chi connectivity index (χ0) is 11.9. The smallest absolute Gasteiger partial charge is 0.325 e. The maximum absolute atomic E-state index is 11.3. The third-order valence-corrected chi connectivity index (χ3v) is 1.90. The van der Waals surface area contributed by atoms with Crippen LogP contribution in [0.3, 0.4) is 0 Å². The highest BCUT2D eigenvalue weighted by molar-refractivity contribution is 5.81. The lowest BCUT2D eigenvalue weighted by Gasteiger charge is -2.21. The van der Waals surface area contributed by atoms with Crippen LogP contribution in [-0.4, -0.2) is 30.7 Å². The molecule has 0 aromatic rings. The number of hydrogen-bond donors (Lipinski definition) is 1. The zero-order valence-corrected chi connectivity index (χ0v) is 9.54. The van der Waals surface area contributed by atoms with Gasteiger partial charge in [0.25, 0.3) is 0 Å². The Bertz CT molecular complexity index is 225. The highest BCUT2D eigenvalue weighted by Crippen LogP contribution is 2.11. The molecule has 1 atom stereocenters. The third kappa shape index (κ3) is 5.37. The lowest BCUT2D eigenvalue weighted by molar-refractivity contribution is -0.150. The fourth-order valence-corrected chi connectivity index (χ4v) is 0.993. The van der Waals surface area contributed by atoms with Crippen molar-refractivity contribution < 1.29 is 19.1 Å². The van der Waals surface area contributed by atoms with Crippen molar-refractivity contribution in [3.8, 4) is 0 Å². The summed E-state index contributed by atoms with van der Waals surface area (Å²) in [6.45, 7) is 5.60. The van der Waals surface area contributed by atoms with Crippen LogP contribution < -0.4 is 5.73 Å². The SMILES string of the molecule is CCOC(=O)CCC(C)(N)C(=O)OCC. The van der Waals surface area contributed by atoms with E-state index in [0.29, 0.717) is 6.61 Å². The van der Waals surface area contributed by atoms with Crippen LogP contribution >= 0.6 is 0 Å². The summed E-state index contributed by atoms with van der Waals surface area (Å²) >= 11 is 0. The third-order valence-electron chi connectivity index (χ3n) is 1.90. The number of ether oxygens (including phenoxy) is 2. The molecule has 2 N–H and O–H groups in total. The molecular formula is C10H19NO4. The van der Waals surface area contributed by atoms with Crippen molar-refractivity contribution >= 4 is 11.9 Å². The molecule has 0 saturated carbocycles. The van der Waals surface area contributed by atoms with E-state index in [2.05, 4.69) is 0 Å². The number of carbonyl (C=O) groups excluding carboxylic acids is 2. The summed E-state index contributed by atoms with van der Waals surface area (Å²) in [4.78, 5) is 22.4. The average molecular weight is 217 g/mol. The minimum absolute atomic E-state index is 0.125. The van der Waals surface area contributed by atoms with E-state index in [1.807, 2.05) is 0 Å². The van der Waals surface area contributed by atoms with Crippen LogP contribution in [0.25, 0.3) is 0 Å². The van der Waals surface area contributed by atoms with Gasteiger partial charge in [-0.05, 0) is 27.2 Å². The summed E-state index contributed by atoms with van der Waals surface area (Å²) in [6, 6.07) is 0. The molecule has 0 heterocycles. The molecule has 0 radical (unpaired) electrons. The molecule has 0 saturated heterocycles. The van der Waals surface area contributed by atoms with Crippen molar-refractivity contribution in [2.45, 2.75) is 39.2 Å². The standard InChI is InChI=1S/C10H19NO4/c1-4-14-8(12)6-7-10(3,11)9(13)15-5-2/h4-7,11H2,1-3H3. The second-order valence-corrected chi connectivity index (χ2v) is 3.44. The Balaban J connectivity index is 4.03. The van der Waals surface area contributed by atoms with Gasteiger partial charge in [-0.2, -0.15) is 0 Å². The second-order valence-electron chi connectivity index (χ2n) is 3.44. The summed E-state index contributed by atoms with van der Waals surface area (Å²) in [5.74, 6) is -0.840. The van der Waals surface area contributed by atoms with Gasteiger partial charge >= 0.3 is 11.9 Å². The molecule has 0 bridgehead atoms. The fraction of sp³-hybridized carbons (Fsp3) is 0.800. The quantitative estimate of drug-likeness (QED) is 0.659. The van der Waals surface area contributed by atoms with Gasteiger partial charge < -0.3 is 15.2 Å². The van der Waals surface area contributed by atoms with Gasteiger partial charge in [-0.1, -0.05) is 0 Å². The number of carbonyl (C=O) groups is 2. The van der Waals surface area contributed by atoms with Gasteiger partial charge in [0.15, 0.2) is 0 Å². The number of rotatable bonds is 6. The first kappa shape index (κ1) is 13.9. The Morgan fingerprint density at radius 2 is 1.73 bits per heavy atom. The van der Waals surface area contributed by atoms with Gasteiger partial charge in [-0.3, -0.25) is 9.59 Å². The van der Waals surface area contributed by atoms with Crippen LogP contribution in [0.1, 0.15) is 33.6 Å². The summed E-state index contributed by atoms with van der Waals surface area (Å²) < 4.78 is 9.51. The molecule has 15 heavy (non-hydrogen) atoms. The van der Waals surface area contributed by atoms with Gasteiger partial charge in [-0.15, -0.1) is 0 Å². The maximum Gasteiger partial charge on any atom is 0.325 e. The molecule has 5 heteroatoms. The molecule has 0 aromatic carbocycles. The highest BCUT2D eigenvalue weighted by atomic mass is 16.5. The molecule has 0 aliphatic rings. The van der Waals surface area contributed by atoms with Crippen LogP contribution in [0.2, 0.25) is 0 Å². The van der Waals surface area contributed by atoms with E-state index in [9.17, 15) is 9.59 Å². The lowest BCUT2D eigenvalue weighted by Crippen LogP contribution is -2.46. The predicted molar refractivity (Wildman–Crippen MR) is 55.1 cm³/mol. The molecule has 0 rings (SSSR count). The number of nitrogens with two attached hydrogens (primary N) is 1. The van der Waals surface area contributed by atoms with Crippen LogP contribution in [0.4, 0.5) is 0 Å². The molecule has 0 amide bonds. The van der Waals surface area contributed by atoms with Crippen LogP contribution in [-0.2, 0) is 19.1 Å². The molecule has 0 aromatic heterocycles. The first-order chi connectivity index (χ1) is 6.94. The normalized spacial score (nSPS) is 14.1. The van der Waals surface area contributed by atoms with E-state index in [1.165, 1.54) is 0 Å². The van der Waals surface area contributed by atoms with Crippen LogP contribution in [0, 0.1) is 0 Å². The highest BCUT2D eigenvalue weighted by Gasteiger charge is 2.30. The van der Waals surface area contributed by atoms with Crippen molar-refractivity contribution in [1.29, 1.82) is 0 Å². The molecule has 0 spiro atoms. The number of esters is 2. The van der Waals surface area contributed by atoms with E-state index in [-0.39, 0.29) is 25.4 Å². The summed E-state index contributed by atoms with van der Waals surface area (Å²) in [5, 5.41) is 0. The predicted octanol–water partition coefficient (Wildman–Crippen LogP) is 0.610. The van der Waals surface area contributed by atoms with Gasteiger partial charge in [0.2, 0.25) is 0 Å². The first-order valence-corrected chi connectivity index (χ1v) is 5.05. The van der Waals surface area contributed by atoms with E-state index in [0.717, 1.165) is 0 Å². The van der Waals surface area contributed by atoms with Crippen molar-refractivity contribution in [1.82, 2.24) is 0 Å². The Kier molecular flexibility index (Phi) is 5.93. The van der Waals surface area contributed by atoms with E-state index in [1.54, 1.807) is 20.8 Å². The zero-order valence-electron chi connectivity index (χ0n) is 9.54. The van der Waals surface area contributed by atoms with Crippen molar-refractivity contribution in [3.63, 3.8) is 0 Å². The Hall–Kier alpha value is -1.10. The summed E-state index contributed by atoms with van der Waals surface area (Å²) in [6.07, 6.45) is 0.352. The molecular weight excluding hydrogens is 198 g/mol. The molecule has 0 aliphatic heterocycles. The first-order valence-electron chi connectivity index (χ1n) is 5.05. The molecule has 0 aliphatic carbocycles. The Morgan fingerprint density at radius 1 is 1.20 bits per heavy atom. The van der Waals surface area contributed by atoms with Crippen molar-refractivity contribution in [3.05, 3.63) is 0 Å². The summed E-state index contributed by atoms with van der Waals surface area (Å²) in [5.41, 5.74) is 4.59. The second kappa shape index (κ2) is 6.40. The molecule has 1 unspecified atom stereocenters. The van der Waals surface area contributed by atoms with E-state index >= 15 is 0 Å². The van der Waals surface area contributed by atoms with Crippen molar-refractivity contribution in [2.24, 2.45) is 5.73 Å². The van der Waals surface area contributed by atoms with Gasteiger partial charge in [0, 0.05) is 6.42 Å². The minimum Gasteiger partial charge on any atom is -0.466 e. The monoisotopic (exact) mass is 217 g/mol. The van der Waals surface area contributed by atoms with E-state index in [4.69, 9.17) is 15.2 Å². The topological polar surface area (TPSA) is 78.6 Å². The maximum atomic E-state index is 11.3. The van der Waals surface area contributed by atoms with Crippen LogP contribution in [0.15, 0.2) is 0 Å². The number of hydrogen-bond acceptors (Lipinski definition) is 5. The molecule has 0 fully saturated rings. The fourth-order valence-electron chi connectivity index (χ4n) is 0.993. The van der Waals surface area contributed by atoms with Gasteiger partial charge in [0.1, 0.15) is 5.54 Å².